The van der Waals surface area contributed by atoms with Crippen LogP contribution in [0.3, 0.4) is 0 Å². The molecule has 0 aromatic heterocycles. The second-order valence-electron chi connectivity index (χ2n) is 4.83. The summed E-state index contributed by atoms with van der Waals surface area (Å²) < 4.78 is 5.26. The van der Waals surface area contributed by atoms with E-state index in [9.17, 15) is 4.79 Å². The van der Waals surface area contributed by atoms with Crippen LogP contribution in [0.4, 0.5) is 0 Å². The Balaban J connectivity index is 2.93. The summed E-state index contributed by atoms with van der Waals surface area (Å²) in [6.45, 7) is 6.95. The van der Waals surface area contributed by atoms with Gasteiger partial charge in [-0.05, 0) is 31.5 Å². The highest BCUT2D eigenvalue weighted by molar-refractivity contribution is 7.80. The Bertz CT molecular complexity index is 503. The van der Waals surface area contributed by atoms with Crippen LogP contribution in [-0.2, 0) is 0 Å². The van der Waals surface area contributed by atoms with Crippen LogP contribution in [0, 0.1) is 12.8 Å². The molecule has 0 radical (unpaired) electrons. The fraction of sp³-hybridized carbons (Fsp3) is 0.467. The Kier molecular flexibility index (Phi) is 5.95. The van der Waals surface area contributed by atoms with Gasteiger partial charge in [0.1, 0.15) is 5.75 Å². The van der Waals surface area contributed by atoms with Crippen LogP contribution in [0.5, 0.6) is 5.75 Å². The second kappa shape index (κ2) is 7.24. The maximum Gasteiger partial charge on any atom is 0.253 e. The molecular formula is C15H22N2O2S. The molecule has 0 bridgehead atoms. The summed E-state index contributed by atoms with van der Waals surface area (Å²) in [6.07, 6.45) is 0. The van der Waals surface area contributed by atoms with Crippen LogP contribution < -0.4 is 10.5 Å². The topological polar surface area (TPSA) is 55.6 Å². The molecule has 1 rings (SSSR count). The zero-order valence-corrected chi connectivity index (χ0v) is 13.3. The first-order chi connectivity index (χ1) is 9.40. The predicted molar refractivity (Wildman–Crippen MR) is 85.3 cm³/mol. The van der Waals surface area contributed by atoms with E-state index in [1.807, 2.05) is 32.9 Å². The maximum atomic E-state index is 12.5. The van der Waals surface area contributed by atoms with Crippen LogP contribution in [0.2, 0.25) is 0 Å². The lowest BCUT2D eigenvalue weighted by molar-refractivity contribution is 0.0754. The van der Waals surface area contributed by atoms with Crippen molar-refractivity contribution in [2.75, 3.05) is 20.2 Å². The molecule has 0 saturated carbocycles. The summed E-state index contributed by atoms with van der Waals surface area (Å²) in [5.74, 6) is 0.685. The number of nitrogens with zero attached hydrogens (tertiary/aromatic N) is 1. The van der Waals surface area contributed by atoms with Gasteiger partial charge in [0.05, 0.1) is 12.1 Å². The zero-order chi connectivity index (χ0) is 15.3. The average Bonchev–Trinajstić information content (AvgIpc) is 2.44. The highest BCUT2D eigenvalue weighted by atomic mass is 32.1. The third-order valence-electron chi connectivity index (χ3n) is 3.30. The number of amides is 1. The molecule has 1 aromatic rings. The van der Waals surface area contributed by atoms with Gasteiger partial charge in [0.25, 0.3) is 5.91 Å². The van der Waals surface area contributed by atoms with E-state index in [0.717, 1.165) is 5.56 Å². The van der Waals surface area contributed by atoms with Gasteiger partial charge in [0, 0.05) is 24.6 Å². The SMILES string of the molecule is CCN(CC(C)C(N)=S)C(=O)c1ccc(C)c(OC)c1. The number of rotatable bonds is 6. The molecule has 0 spiro atoms. The number of ether oxygens (including phenoxy) is 1. The van der Waals surface area contributed by atoms with Crippen molar-refractivity contribution in [1.29, 1.82) is 0 Å². The molecule has 0 aliphatic carbocycles. The van der Waals surface area contributed by atoms with Crippen molar-refractivity contribution in [2.45, 2.75) is 20.8 Å². The van der Waals surface area contributed by atoms with Gasteiger partial charge in [-0.2, -0.15) is 0 Å². The lowest BCUT2D eigenvalue weighted by atomic mass is 10.1. The first-order valence-electron chi connectivity index (χ1n) is 6.63. The number of benzene rings is 1. The van der Waals surface area contributed by atoms with Crippen molar-refractivity contribution < 1.29 is 9.53 Å². The maximum absolute atomic E-state index is 12.5. The van der Waals surface area contributed by atoms with Crippen molar-refractivity contribution in [3.63, 3.8) is 0 Å². The largest absolute Gasteiger partial charge is 0.496 e. The molecule has 2 N–H and O–H groups in total. The fourth-order valence-electron chi connectivity index (χ4n) is 1.91. The van der Waals surface area contributed by atoms with Crippen LogP contribution in [0.25, 0.3) is 0 Å². The molecule has 0 aliphatic rings. The van der Waals surface area contributed by atoms with Gasteiger partial charge in [-0.1, -0.05) is 25.2 Å². The Morgan fingerprint density at radius 1 is 1.50 bits per heavy atom. The van der Waals surface area contributed by atoms with Crippen molar-refractivity contribution in [2.24, 2.45) is 11.7 Å². The molecule has 1 atom stereocenters. The van der Waals surface area contributed by atoms with E-state index >= 15 is 0 Å². The lowest BCUT2D eigenvalue weighted by Crippen LogP contribution is -2.38. The molecule has 110 valence electrons. The monoisotopic (exact) mass is 294 g/mol. The average molecular weight is 294 g/mol. The van der Waals surface area contributed by atoms with Crippen LogP contribution in [0.15, 0.2) is 18.2 Å². The summed E-state index contributed by atoms with van der Waals surface area (Å²) in [4.78, 5) is 14.7. The Morgan fingerprint density at radius 2 is 2.15 bits per heavy atom. The molecule has 0 saturated heterocycles. The molecular weight excluding hydrogens is 272 g/mol. The van der Waals surface area contributed by atoms with Crippen molar-refractivity contribution in [3.05, 3.63) is 29.3 Å². The smallest absolute Gasteiger partial charge is 0.253 e. The Hall–Kier alpha value is -1.62. The van der Waals surface area contributed by atoms with Crippen molar-refractivity contribution in [1.82, 2.24) is 4.90 Å². The van der Waals surface area contributed by atoms with E-state index in [1.54, 1.807) is 18.1 Å². The van der Waals surface area contributed by atoms with E-state index in [4.69, 9.17) is 22.7 Å². The quantitative estimate of drug-likeness (QED) is 0.819. The van der Waals surface area contributed by atoms with Crippen molar-refractivity contribution >= 4 is 23.1 Å². The number of hydrogen-bond acceptors (Lipinski definition) is 3. The fourth-order valence-corrected chi connectivity index (χ4v) is 1.99. The summed E-state index contributed by atoms with van der Waals surface area (Å²) in [5, 5.41) is 0. The number of carbonyl (C=O) groups excluding carboxylic acids is 1. The van der Waals surface area contributed by atoms with Gasteiger partial charge in [-0.3, -0.25) is 4.79 Å². The number of thiocarbonyl (C=S) groups is 1. The third kappa shape index (κ3) is 3.93. The van der Waals surface area contributed by atoms with Gasteiger partial charge in [0.15, 0.2) is 0 Å². The highest BCUT2D eigenvalue weighted by Crippen LogP contribution is 2.20. The van der Waals surface area contributed by atoms with E-state index in [-0.39, 0.29) is 11.8 Å². The van der Waals surface area contributed by atoms with E-state index in [2.05, 4.69) is 0 Å². The van der Waals surface area contributed by atoms with Crippen LogP contribution in [-0.4, -0.2) is 36.0 Å². The zero-order valence-electron chi connectivity index (χ0n) is 12.5. The van der Waals surface area contributed by atoms with Crippen LogP contribution >= 0.6 is 12.2 Å². The number of methoxy groups -OCH3 is 1. The molecule has 4 nitrogen and oxygen atoms in total. The minimum absolute atomic E-state index is 0.00115. The minimum Gasteiger partial charge on any atom is -0.496 e. The van der Waals surface area contributed by atoms with Crippen molar-refractivity contribution in [3.8, 4) is 5.75 Å². The normalized spacial score (nSPS) is 11.8. The lowest BCUT2D eigenvalue weighted by Gasteiger charge is -2.24. The molecule has 5 heteroatoms. The predicted octanol–water partition coefficient (Wildman–Crippen LogP) is 2.39. The standard InChI is InChI=1S/C15H22N2O2S/c1-5-17(9-11(3)14(16)20)15(18)12-7-6-10(2)13(8-12)19-4/h6-8,11H,5,9H2,1-4H3,(H2,16,20). The number of carbonyl (C=O) groups is 1. The molecule has 0 fully saturated rings. The van der Waals surface area contributed by atoms with Gasteiger partial charge in [-0.15, -0.1) is 0 Å². The van der Waals surface area contributed by atoms with Gasteiger partial charge < -0.3 is 15.4 Å². The third-order valence-corrected chi connectivity index (χ3v) is 3.71. The molecule has 1 aromatic carbocycles. The molecule has 1 amide bonds. The van der Waals surface area contributed by atoms with Crippen LogP contribution in [0.1, 0.15) is 29.8 Å². The first-order valence-corrected chi connectivity index (χ1v) is 7.04. The summed E-state index contributed by atoms with van der Waals surface area (Å²) in [6, 6.07) is 5.47. The highest BCUT2D eigenvalue weighted by Gasteiger charge is 2.18. The second-order valence-corrected chi connectivity index (χ2v) is 5.30. The number of hydrogen-bond donors (Lipinski definition) is 1. The van der Waals surface area contributed by atoms with E-state index < -0.39 is 0 Å². The summed E-state index contributed by atoms with van der Waals surface area (Å²) in [7, 11) is 1.60. The summed E-state index contributed by atoms with van der Waals surface area (Å²) in [5.41, 5.74) is 7.24. The molecule has 0 aliphatic heterocycles. The molecule has 1 unspecified atom stereocenters. The van der Waals surface area contributed by atoms with Gasteiger partial charge in [-0.25, -0.2) is 0 Å². The molecule has 20 heavy (non-hydrogen) atoms. The number of nitrogens with two attached hydrogens (primary N) is 1. The van der Waals surface area contributed by atoms with E-state index in [1.165, 1.54) is 0 Å². The Labute approximate surface area is 125 Å². The Morgan fingerprint density at radius 3 is 2.65 bits per heavy atom. The number of aryl methyl sites for hydroxylation is 1. The first kappa shape index (κ1) is 16.4. The molecule has 0 heterocycles. The van der Waals surface area contributed by atoms with E-state index in [0.29, 0.717) is 29.4 Å². The van der Waals surface area contributed by atoms with Gasteiger partial charge in [0.2, 0.25) is 0 Å². The minimum atomic E-state index is -0.0334. The van der Waals surface area contributed by atoms with Gasteiger partial charge >= 0.3 is 0 Å². The summed E-state index contributed by atoms with van der Waals surface area (Å²) >= 11 is 4.96.